The van der Waals surface area contributed by atoms with Crippen molar-refractivity contribution in [1.29, 1.82) is 0 Å². The number of rotatable bonds is 10. The van der Waals surface area contributed by atoms with E-state index in [2.05, 4.69) is 10.6 Å². The van der Waals surface area contributed by atoms with E-state index in [-0.39, 0.29) is 24.9 Å². The molecule has 0 aliphatic rings. The summed E-state index contributed by atoms with van der Waals surface area (Å²) in [4.78, 5) is 34.8. The number of carboxylic acid groups (broad SMARTS) is 1. The molecule has 0 heterocycles. The maximum Gasteiger partial charge on any atom is 0.308 e. The fourth-order valence-electron chi connectivity index (χ4n) is 2.36. The molecule has 0 spiro atoms. The van der Waals surface area contributed by atoms with Crippen LogP contribution < -0.4 is 10.6 Å². The van der Waals surface area contributed by atoms with Gasteiger partial charge in [0, 0.05) is 13.0 Å². The summed E-state index contributed by atoms with van der Waals surface area (Å²) < 4.78 is 0. The fourth-order valence-corrected chi connectivity index (χ4v) is 2.36. The third-order valence-corrected chi connectivity index (χ3v) is 3.85. The van der Waals surface area contributed by atoms with Gasteiger partial charge in [-0.3, -0.25) is 14.4 Å². The molecule has 138 valence electrons. The topological polar surface area (TPSA) is 95.5 Å². The number of nitrogens with one attached hydrogen (secondary N) is 2. The monoisotopic (exact) mass is 348 g/mol. The van der Waals surface area contributed by atoms with Crippen LogP contribution in [-0.2, 0) is 20.8 Å². The second-order valence-corrected chi connectivity index (χ2v) is 6.74. The molecule has 6 nitrogen and oxygen atoms in total. The zero-order valence-corrected chi connectivity index (χ0v) is 15.2. The van der Waals surface area contributed by atoms with Crippen molar-refractivity contribution in [1.82, 2.24) is 10.6 Å². The maximum absolute atomic E-state index is 11.8. The van der Waals surface area contributed by atoms with Crippen molar-refractivity contribution in [3.05, 3.63) is 35.4 Å². The van der Waals surface area contributed by atoms with Crippen molar-refractivity contribution >= 4 is 17.8 Å². The minimum absolute atomic E-state index is 0.0317. The molecule has 3 N–H and O–H groups in total. The number of amides is 2. The van der Waals surface area contributed by atoms with Crippen LogP contribution in [0.25, 0.3) is 0 Å². The van der Waals surface area contributed by atoms with Crippen molar-refractivity contribution < 1.29 is 19.5 Å². The van der Waals surface area contributed by atoms with Gasteiger partial charge in [-0.25, -0.2) is 0 Å². The van der Waals surface area contributed by atoms with E-state index in [9.17, 15) is 19.5 Å². The third kappa shape index (κ3) is 8.88. The van der Waals surface area contributed by atoms with E-state index < -0.39 is 11.9 Å². The van der Waals surface area contributed by atoms with Gasteiger partial charge < -0.3 is 15.7 Å². The number of hydrogen-bond acceptors (Lipinski definition) is 3. The largest absolute Gasteiger partial charge is 0.481 e. The van der Waals surface area contributed by atoms with Gasteiger partial charge in [0.1, 0.15) is 0 Å². The molecule has 0 fully saturated rings. The Hall–Kier alpha value is -2.37. The van der Waals surface area contributed by atoms with Crippen LogP contribution in [0.3, 0.4) is 0 Å². The first kappa shape index (κ1) is 20.7. The lowest BCUT2D eigenvalue weighted by atomic mass is 9.98. The number of aryl methyl sites for hydroxylation is 1. The molecule has 1 atom stereocenters. The van der Waals surface area contributed by atoms with Crippen LogP contribution in [-0.4, -0.2) is 36.0 Å². The second kappa shape index (κ2) is 10.5. The average Bonchev–Trinajstić information content (AvgIpc) is 2.54. The highest BCUT2D eigenvalue weighted by molar-refractivity contribution is 5.85. The average molecular weight is 348 g/mol. The van der Waals surface area contributed by atoms with Crippen LogP contribution in [0.2, 0.25) is 0 Å². The first-order chi connectivity index (χ1) is 11.8. The maximum atomic E-state index is 11.8. The summed E-state index contributed by atoms with van der Waals surface area (Å²) in [5, 5.41) is 14.5. The van der Waals surface area contributed by atoms with Crippen LogP contribution in [0.5, 0.6) is 0 Å². The van der Waals surface area contributed by atoms with Gasteiger partial charge in [0.25, 0.3) is 0 Å². The van der Waals surface area contributed by atoms with Gasteiger partial charge in [-0.15, -0.1) is 0 Å². The van der Waals surface area contributed by atoms with Crippen LogP contribution >= 0.6 is 0 Å². The lowest BCUT2D eigenvalue weighted by molar-refractivity contribution is -0.141. The number of hydrogen-bond donors (Lipinski definition) is 3. The quantitative estimate of drug-likeness (QED) is 0.602. The number of aliphatic carboxylic acids is 1. The number of carbonyl (C=O) groups is 3. The Morgan fingerprint density at radius 3 is 2.44 bits per heavy atom. The number of carbonyl (C=O) groups excluding carboxylic acids is 2. The Bertz CT molecular complexity index is 599. The van der Waals surface area contributed by atoms with E-state index in [1.165, 1.54) is 0 Å². The molecule has 6 heteroatoms. The number of benzene rings is 1. The molecule has 0 bridgehead atoms. The van der Waals surface area contributed by atoms with Gasteiger partial charge in [-0.2, -0.15) is 0 Å². The summed E-state index contributed by atoms with van der Waals surface area (Å²) in [7, 11) is 0. The highest BCUT2D eigenvalue weighted by Crippen LogP contribution is 2.11. The minimum atomic E-state index is -0.956. The Labute approximate surface area is 149 Å². The summed E-state index contributed by atoms with van der Waals surface area (Å²) in [5.41, 5.74) is 1.98. The standard InChI is InChI=1S/C19H28N2O4/c1-13(2)7-8-17(22)21-12-18(23)20-11-16(19(24)25)10-15-6-4-5-14(3)9-15/h4-6,9,13,16H,7-8,10-12H2,1-3H3,(H,20,23)(H,21,22)(H,24,25). The molecule has 0 radical (unpaired) electrons. The summed E-state index contributed by atoms with van der Waals surface area (Å²) in [6.45, 7) is 5.90. The van der Waals surface area contributed by atoms with Crippen molar-refractivity contribution in [3.63, 3.8) is 0 Å². The summed E-state index contributed by atoms with van der Waals surface area (Å²) >= 11 is 0. The van der Waals surface area contributed by atoms with Gasteiger partial charge in [-0.1, -0.05) is 43.7 Å². The minimum Gasteiger partial charge on any atom is -0.481 e. The zero-order valence-electron chi connectivity index (χ0n) is 15.2. The Morgan fingerprint density at radius 1 is 1.12 bits per heavy atom. The van der Waals surface area contributed by atoms with E-state index in [1.54, 1.807) is 0 Å². The first-order valence-corrected chi connectivity index (χ1v) is 8.59. The van der Waals surface area contributed by atoms with Crippen LogP contribution in [0, 0.1) is 18.8 Å². The van der Waals surface area contributed by atoms with Crippen molar-refractivity contribution in [3.8, 4) is 0 Å². The summed E-state index contributed by atoms with van der Waals surface area (Å²) in [6.07, 6.45) is 1.50. The van der Waals surface area contributed by atoms with Gasteiger partial charge in [-0.05, 0) is 31.2 Å². The van der Waals surface area contributed by atoms with Gasteiger partial charge in [0.05, 0.1) is 12.5 Å². The molecule has 1 rings (SSSR count). The van der Waals surface area contributed by atoms with Crippen molar-refractivity contribution in [2.24, 2.45) is 11.8 Å². The molecule has 0 saturated heterocycles. The highest BCUT2D eigenvalue weighted by Gasteiger charge is 2.19. The molecule has 1 aromatic carbocycles. The molecule has 0 aliphatic heterocycles. The molecule has 0 aromatic heterocycles. The second-order valence-electron chi connectivity index (χ2n) is 6.74. The molecule has 0 aliphatic carbocycles. The lowest BCUT2D eigenvalue weighted by Gasteiger charge is -2.14. The predicted molar refractivity (Wildman–Crippen MR) is 96.1 cm³/mol. The normalized spacial score (nSPS) is 11.8. The number of carboxylic acids is 1. The first-order valence-electron chi connectivity index (χ1n) is 8.59. The van der Waals surface area contributed by atoms with E-state index in [0.29, 0.717) is 18.8 Å². The highest BCUT2D eigenvalue weighted by atomic mass is 16.4. The summed E-state index contributed by atoms with van der Waals surface area (Å²) in [6, 6.07) is 7.64. The van der Waals surface area contributed by atoms with Gasteiger partial charge in [0.15, 0.2) is 0 Å². The van der Waals surface area contributed by atoms with Gasteiger partial charge >= 0.3 is 5.97 Å². The third-order valence-electron chi connectivity index (χ3n) is 3.85. The van der Waals surface area contributed by atoms with Crippen molar-refractivity contribution in [2.45, 2.75) is 40.0 Å². The van der Waals surface area contributed by atoms with Gasteiger partial charge in [0.2, 0.25) is 11.8 Å². The Kier molecular flexibility index (Phi) is 8.67. The molecular weight excluding hydrogens is 320 g/mol. The molecule has 2 amide bonds. The Morgan fingerprint density at radius 2 is 1.84 bits per heavy atom. The zero-order chi connectivity index (χ0) is 18.8. The molecule has 0 saturated carbocycles. The lowest BCUT2D eigenvalue weighted by Crippen LogP contribution is -2.40. The molecule has 1 unspecified atom stereocenters. The predicted octanol–water partition coefficient (Wildman–Crippen LogP) is 1.91. The summed E-state index contributed by atoms with van der Waals surface area (Å²) in [5.74, 6) is -1.78. The molecule has 1 aromatic rings. The molecule has 25 heavy (non-hydrogen) atoms. The van der Waals surface area contributed by atoms with E-state index >= 15 is 0 Å². The van der Waals surface area contributed by atoms with E-state index in [0.717, 1.165) is 17.5 Å². The molecular formula is C19H28N2O4. The van der Waals surface area contributed by atoms with Crippen molar-refractivity contribution in [2.75, 3.05) is 13.1 Å². The van der Waals surface area contributed by atoms with Crippen LogP contribution in [0.1, 0.15) is 37.8 Å². The Balaban J connectivity index is 2.40. The van der Waals surface area contributed by atoms with E-state index in [1.807, 2.05) is 45.0 Å². The fraction of sp³-hybridized carbons (Fsp3) is 0.526. The van der Waals surface area contributed by atoms with Crippen LogP contribution in [0.4, 0.5) is 0 Å². The van der Waals surface area contributed by atoms with E-state index in [4.69, 9.17) is 0 Å². The smallest absolute Gasteiger partial charge is 0.308 e. The SMILES string of the molecule is Cc1cccc(CC(CNC(=O)CNC(=O)CCC(C)C)C(=O)O)c1. The van der Waals surface area contributed by atoms with Crippen LogP contribution in [0.15, 0.2) is 24.3 Å².